The lowest BCUT2D eigenvalue weighted by atomic mass is 9.78. The van der Waals surface area contributed by atoms with Crippen molar-refractivity contribution in [1.29, 1.82) is 0 Å². The van der Waals surface area contributed by atoms with Gasteiger partial charge in [-0.05, 0) is 51.5 Å². The molecule has 2 heteroatoms. The largest absolute Gasteiger partial charge is 0.393 e. The Kier molecular flexibility index (Phi) is 5.77. The molecule has 1 saturated carbocycles. The van der Waals surface area contributed by atoms with Crippen LogP contribution in [0.4, 0.5) is 0 Å². The van der Waals surface area contributed by atoms with E-state index in [9.17, 15) is 5.11 Å². The van der Waals surface area contributed by atoms with Gasteiger partial charge in [-0.1, -0.05) is 20.3 Å². The van der Waals surface area contributed by atoms with Gasteiger partial charge < -0.3 is 10.0 Å². The second-order valence-corrected chi connectivity index (χ2v) is 5.61. The van der Waals surface area contributed by atoms with Crippen molar-refractivity contribution in [3.05, 3.63) is 0 Å². The number of hydrogen-bond donors (Lipinski definition) is 1. The van der Waals surface area contributed by atoms with Crippen molar-refractivity contribution in [3.63, 3.8) is 0 Å². The van der Waals surface area contributed by atoms with Crippen LogP contribution in [0.15, 0.2) is 0 Å². The zero-order valence-corrected chi connectivity index (χ0v) is 11.4. The molecule has 0 spiro atoms. The third kappa shape index (κ3) is 3.74. The number of rotatable bonds is 5. The van der Waals surface area contributed by atoms with Gasteiger partial charge in [0.2, 0.25) is 0 Å². The second-order valence-electron chi connectivity index (χ2n) is 5.61. The van der Waals surface area contributed by atoms with Crippen LogP contribution in [0.2, 0.25) is 0 Å². The molecule has 1 aliphatic rings. The molecule has 2 nitrogen and oxygen atoms in total. The Bertz CT molecular complexity index is 195. The second kappa shape index (κ2) is 6.61. The highest BCUT2D eigenvalue weighted by molar-refractivity contribution is 4.81. The molecule has 1 N–H and O–H groups in total. The molecule has 0 amide bonds. The molecule has 0 aliphatic heterocycles. The molecule has 1 fully saturated rings. The van der Waals surface area contributed by atoms with Gasteiger partial charge in [0.15, 0.2) is 0 Å². The van der Waals surface area contributed by atoms with Crippen LogP contribution in [0.3, 0.4) is 0 Å². The standard InChI is InChI=1S/C14H29NO/c1-5-11(3)15(4)10-13-9-12(6-2)7-8-14(13)16/h11-14,16H,5-10H2,1-4H3. The van der Waals surface area contributed by atoms with E-state index in [-0.39, 0.29) is 6.10 Å². The zero-order valence-electron chi connectivity index (χ0n) is 11.4. The van der Waals surface area contributed by atoms with E-state index >= 15 is 0 Å². The Morgan fingerprint density at radius 2 is 2.00 bits per heavy atom. The maximum absolute atomic E-state index is 10.1. The summed E-state index contributed by atoms with van der Waals surface area (Å²) in [4.78, 5) is 2.41. The molecule has 0 aromatic heterocycles. The summed E-state index contributed by atoms with van der Waals surface area (Å²) in [5.74, 6) is 1.34. The van der Waals surface area contributed by atoms with Gasteiger partial charge >= 0.3 is 0 Å². The first kappa shape index (κ1) is 14.0. The summed E-state index contributed by atoms with van der Waals surface area (Å²) in [6.45, 7) is 7.84. The fourth-order valence-corrected chi connectivity index (χ4v) is 2.77. The van der Waals surface area contributed by atoms with Crippen LogP contribution in [-0.4, -0.2) is 35.7 Å². The van der Waals surface area contributed by atoms with E-state index in [1.807, 2.05) is 0 Å². The molecule has 1 rings (SSSR count). The molecule has 0 heterocycles. The van der Waals surface area contributed by atoms with Crippen LogP contribution >= 0.6 is 0 Å². The third-order valence-electron chi connectivity index (χ3n) is 4.49. The molecule has 0 radical (unpaired) electrons. The normalized spacial score (nSPS) is 33.0. The van der Waals surface area contributed by atoms with E-state index in [1.54, 1.807) is 0 Å². The zero-order chi connectivity index (χ0) is 12.1. The van der Waals surface area contributed by atoms with Gasteiger partial charge in [-0.2, -0.15) is 0 Å². The smallest absolute Gasteiger partial charge is 0.0580 e. The molecule has 1 aliphatic carbocycles. The maximum atomic E-state index is 10.1. The van der Waals surface area contributed by atoms with Crippen LogP contribution in [0.5, 0.6) is 0 Å². The number of nitrogens with zero attached hydrogens (tertiary/aromatic N) is 1. The molecule has 0 aromatic rings. The number of aliphatic hydroxyl groups is 1. The van der Waals surface area contributed by atoms with Crippen LogP contribution in [0.1, 0.15) is 52.9 Å². The van der Waals surface area contributed by atoms with Crippen LogP contribution in [0, 0.1) is 11.8 Å². The van der Waals surface area contributed by atoms with E-state index in [2.05, 4.69) is 32.7 Å². The summed E-state index contributed by atoms with van der Waals surface area (Å²) in [6.07, 6.45) is 5.86. The Labute approximate surface area is 101 Å². The van der Waals surface area contributed by atoms with Gasteiger partial charge in [0.05, 0.1) is 6.10 Å². The van der Waals surface area contributed by atoms with Gasteiger partial charge in [-0.15, -0.1) is 0 Å². The minimum atomic E-state index is -0.0608. The molecule has 4 unspecified atom stereocenters. The Hall–Kier alpha value is -0.0800. The van der Waals surface area contributed by atoms with Crippen molar-refractivity contribution < 1.29 is 5.11 Å². The van der Waals surface area contributed by atoms with E-state index < -0.39 is 0 Å². The SMILES string of the molecule is CCC1CCC(O)C(CN(C)C(C)CC)C1. The summed E-state index contributed by atoms with van der Waals surface area (Å²) in [5, 5.41) is 10.1. The van der Waals surface area contributed by atoms with E-state index in [0.717, 1.165) is 18.9 Å². The first-order chi connectivity index (χ1) is 7.58. The molecule has 0 saturated heterocycles. The maximum Gasteiger partial charge on any atom is 0.0580 e. The quantitative estimate of drug-likeness (QED) is 0.780. The summed E-state index contributed by atoms with van der Waals surface area (Å²) in [5.41, 5.74) is 0. The van der Waals surface area contributed by atoms with Crippen molar-refractivity contribution in [2.45, 2.75) is 65.0 Å². The van der Waals surface area contributed by atoms with E-state index in [0.29, 0.717) is 12.0 Å². The summed E-state index contributed by atoms with van der Waals surface area (Å²) in [6, 6.07) is 0.634. The van der Waals surface area contributed by atoms with Gasteiger partial charge in [0.25, 0.3) is 0 Å². The summed E-state index contributed by atoms with van der Waals surface area (Å²) >= 11 is 0. The van der Waals surface area contributed by atoms with Gasteiger partial charge in [-0.3, -0.25) is 0 Å². The van der Waals surface area contributed by atoms with E-state index in [1.165, 1.54) is 25.7 Å². The Morgan fingerprint density at radius 3 is 2.56 bits per heavy atom. The van der Waals surface area contributed by atoms with Crippen molar-refractivity contribution in [2.24, 2.45) is 11.8 Å². The molecule has 0 aromatic carbocycles. The molecular weight excluding hydrogens is 198 g/mol. The fourth-order valence-electron chi connectivity index (χ4n) is 2.77. The summed E-state index contributed by atoms with van der Waals surface area (Å²) in [7, 11) is 2.19. The van der Waals surface area contributed by atoms with Gasteiger partial charge in [0.1, 0.15) is 0 Å². The van der Waals surface area contributed by atoms with E-state index in [4.69, 9.17) is 0 Å². The number of aliphatic hydroxyl groups excluding tert-OH is 1. The van der Waals surface area contributed by atoms with Gasteiger partial charge in [-0.25, -0.2) is 0 Å². The lowest BCUT2D eigenvalue weighted by Gasteiger charge is -2.36. The Balaban J connectivity index is 2.44. The highest BCUT2D eigenvalue weighted by Gasteiger charge is 2.29. The first-order valence-electron chi connectivity index (χ1n) is 6.96. The molecule has 16 heavy (non-hydrogen) atoms. The lowest BCUT2D eigenvalue weighted by Crippen LogP contribution is -2.40. The molecule has 4 atom stereocenters. The minimum Gasteiger partial charge on any atom is -0.393 e. The first-order valence-corrected chi connectivity index (χ1v) is 6.96. The topological polar surface area (TPSA) is 23.5 Å². The van der Waals surface area contributed by atoms with Crippen LogP contribution in [0.25, 0.3) is 0 Å². The number of hydrogen-bond acceptors (Lipinski definition) is 2. The highest BCUT2D eigenvalue weighted by Crippen LogP contribution is 2.32. The predicted octanol–water partition coefficient (Wildman–Crippen LogP) is 2.90. The molecule has 96 valence electrons. The minimum absolute atomic E-state index is 0.0608. The monoisotopic (exact) mass is 227 g/mol. The third-order valence-corrected chi connectivity index (χ3v) is 4.49. The summed E-state index contributed by atoms with van der Waals surface area (Å²) < 4.78 is 0. The van der Waals surface area contributed by atoms with Crippen molar-refractivity contribution in [2.75, 3.05) is 13.6 Å². The van der Waals surface area contributed by atoms with Gasteiger partial charge in [0, 0.05) is 12.6 Å². The van der Waals surface area contributed by atoms with Crippen LogP contribution in [-0.2, 0) is 0 Å². The molecule has 0 bridgehead atoms. The molecular formula is C14H29NO. The predicted molar refractivity (Wildman–Crippen MR) is 69.5 cm³/mol. The fraction of sp³-hybridized carbons (Fsp3) is 1.00. The van der Waals surface area contributed by atoms with Crippen LogP contribution < -0.4 is 0 Å². The lowest BCUT2D eigenvalue weighted by molar-refractivity contribution is 0.0250. The average molecular weight is 227 g/mol. The Morgan fingerprint density at radius 1 is 1.31 bits per heavy atom. The van der Waals surface area contributed by atoms with Crippen molar-refractivity contribution >= 4 is 0 Å². The van der Waals surface area contributed by atoms with Crippen molar-refractivity contribution in [3.8, 4) is 0 Å². The average Bonchev–Trinajstić information content (AvgIpc) is 2.30. The highest BCUT2D eigenvalue weighted by atomic mass is 16.3. The van der Waals surface area contributed by atoms with Crippen molar-refractivity contribution in [1.82, 2.24) is 4.90 Å².